The normalized spacial score (nSPS) is 19.0. The number of nitrogens with zero attached hydrogens (tertiary/aromatic N) is 3. The van der Waals surface area contributed by atoms with E-state index in [0.29, 0.717) is 12.5 Å². The molecule has 160 valence electrons. The zero-order chi connectivity index (χ0) is 20.8. The molecule has 4 rings (SSSR count). The van der Waals surface area contributed by atoms with Gasteiger partial charge in [-0.05, 0) is 66.9 Å². The number of likely N-dealkylation sites (tertiary alicyclic amines) is 1. The summed E-state index contributed by atoms with van der Waals surface area (Å²) in [7, 11) is 0. The van der Waals surface area contributed by atoms with Crippen LogP contribution in [0.3, 0.4) is 0 Å². The van der Waals surface area contributed by atoms with E-state index < -0.39 is 0 Å². The first-order valence-electron chi connectivity index (χ1n) is 11.1. The standard InChI is InChI=1S/C24H32N4O2/c1-2-24(29)26-21-3-4-23(19-5-9-25-10-6-19)20(17-21)18-27-11-7-22(8-12-27)28-13-15-30-16-14-28/h3-6,9-10,17,22H,2,7-8,11-16,18H2,1H3,(H,26,29). The van der Waals surface area contributed by atoms with Gasteiger partial charge in [-0.1, -0.05) is 13.0 Å². The second kappa shape index (κ2) is 10.2. The van der Waals surface area contributed by atoms with E-state index in [9.17, 15) is 4.79 Å². The van der Waals surface area contributed by atoms with Gasteiger partial charge in [-0.15, -0.1) is 0 Å². The fourth-order valence-corrected chi connectivity index (χ4v) is 4.49. The molecule has 2 aromatic rings. The number of rotatable bonds is 6. The molecule has 2 saturated heterocycles. The number of amides is 1. The summed E-state index contributed by atoms with van der Waals surface area (Å²) in [5.41, 5.74) is 4.50. The first-order valence-corrected chi connectivity index (χ1v) is 11.1. The summed E-state index contributed by atoms with van der Waals surface area (Å²) in [6.07, 6.45) is 6.56. The minimum atomic E-state index is 0.0453. The van der Waals surface area contributed by atoms with Crippen LogP contribution < -0.4 is 5.32 Å². The van der Waals surface area contributed by atoms with Gasteiger partial charge >= 0.3 is 0 Å². The van der Waals surface area contributed by atoms with E-state index >= 15 is 0 Å². The molecule has 2 aliphatic rings. The molecule has 1 aromatic heterocycles. The van der Waals surface area contributed by atoms with Gasteiger partial charge in [0.2, 0.25) is 5.91 Å². The fourth-order valence-electron chi connectivity index (χ4n) is 4.49. The molecule has 0 unspecified atom stereocenters. The van der Waals surface area contributed by atoms with E-state index in [1.165, 1.54) is 24.0 Å². The maximum Gasteiger partial charge on any atom is 0.224 e. The molecule has 0 spiro atoms. The second-order valence-corrected chi connectivity index (χ2v) is 8.17. The summed E-state index contributed by atoms with van der Waals surface area (Å²) >= 11 is 0. The van der Waals surface area contributed by atoms with Gasteiger partial charge in [0.25, 0.3) is 0 Å². The predicted octanol–water partition coefficient (Wildman–Crippen LogP) is 3.39. The number of benzene rings is 1. The summed E-state index contributed by atoms with van der Waals surface area (Å²) in [6, 6.07) is 11.0. The van der Waals surface area contributed by atoms with E-state index in [0.717, 1.165) is 57.2 Å². The number of morpholine rings is 1. The minimum absolute atomic E-state index is 0.0453. The van der Waals surface area contributed by atoms with Gasteiger partial charge < -0.3 is 10.1 Å². The Balaban J connectivity index is 1.47. The van der Waals surface area contributed by atoms with Gasteiger partial charge in [0.05, 0.1) is 13.2 Å². The zero-order valence-corrected chi connectivity index (χ0v) is 17.8. The van der Waals surface area contributed by atoms with Crippen LogP contribution in [0.2, 0.25) is 0 Å². The lowest BCUT2D eigenvalue weighted by molar-refractivity contribution is -0.115. The summed E-state index contributed by atoms with van der Waals surface area (Å²) in [5, 5.41) is 3.01. The Morgan fingerprint density at radius 3 is 2.53 bits per heavy atom. The van der Waals surface area contributed by atoms with Crippen LogP contribution in [0.1, 0.15) is 31.7 Å². The van der Waals surface area contributed by atoms with Crippen molar-refractivity contribution in [2.75, 3.05) is 44.7 Å². The zero-order valence-electron chi connectivity index (χ0n) is 17.8. The third-order valence-corrected chi connectivity index (χ3v) is 6.21. The number of piperidine rings is 1. The van der Waals surface area contributed by atoms with Crippen molar-refractivity contribution in [2.45, 2.75) is 38.8 Å². The van der Waals surface area contributed by atoms with E-state index in [4.69, 9.17) is 4.74 Å². The van der Waals surface area contributed by atoms with Crippen LogP contribution in [0, 0.1) is 0 Å². The number of hydrogen-bond acceptors (Lipinski definition) is 5. The van der Waals surface area contributed by atoms with Crippen LogP contribution >= 0.6 is 0 Å². The van der Waals surface area contributed by atoms with Crippen molar-refractivity contribution in [1.29, 1.82) is 0 Å². The van der Waals surface area contributed by atoms with E-state index in [2.05, 4.69) is 32.2 Å². The third kappa shape index (κ3) is 5.25. The molecule has 6 heteroatoms. The van der Waals surface area contributed by atoms with Gasteiger partial charge in [-0.3, -0.25) is 19.6 Å². The van der Waals surface area contributed by atoms with Crippen molar-refractivity contribution in [3.8, 4) is 11.1 Å². The Morgan fingerprint density at radius 1 is 1.10 bits per heavy atom. The van der Waals surface area contributed by atoms with Gasteiger partial charge in [0, 0.05) is 50.2 Å². The van der Waals surface area contributed by atoms with E-state index in [1.807, 2.05) is 37.5 Å². The van der Waals surface area contributed by atoms with Crippen molar-refractivity contribution in [2.24, 2.45) is 0 Å². The van der Waals surface area contributed by atoms with Crippen LogP contribution in [-0.4, -0.2) is 66.1 Å². The molecule has 30 heavy (non-hydrogen) atoms. The van der Waals surface area contributed by atoms with Crippen LogP contribution in [0.15, 0.2) is 42.7 Å². The number of carbonyl (C=O) groups is 1. The maximum absolute atomic E-state index is 11.9. The molecule has 3 heterocycles. The highest BCUT2D eigenvalue weighted by Crippen LogP contribution is 2.29. The highest BCUT2D eigenvalue weighted by molar-refractivity contribution is 5.91. The van der Waals surface area contributed by atoms with Crippen molar-refractivity contribution in [3.05, 3.63) is 48.3 Å². The topological polar surface area (TPSA) is 57.7 Å². The highest BCUT2D eigenvalue weighted by Gasteiger charge is 2.26. The predicted molar refractivity (Wildman–Crippen MR) is 119 cm³/mol. The quantitative estimate of drug-likeness (QED) is 0.794. The maximum atomic E-state index is 11.9. The van der Waals surface area contributed by atoms with Gasteiger partial charge in [-0.2, -0.15) is 0 Å². The number of pyridine rings is 1. The molecule has 6 nitrogen and oxygen atoms in total. The molecule has 2 aliphatic heterocycles. The molecular formula is C24H32N4O2. The molecule has 0 radical (unpaired) electrons. The summed E-state index contributed by atoms with van der Waals surface area (Å²) in [5.74, 6) is 0.0453. The highest BCUT2D eigenvalue weighted by atomic mass is 16.5. The largest absolute Gasteiger partial charge is 0.379 e. The molecule has 1 N–H and O–H groups in total. The van der Waals surface area contributed by atoms with Crippen LogP contribution in [0.5, 0.6) is 0 Å². The average Bonchev–Trinajstić information content (AvgIpc) is 2.81. The number of nitrogens with one attached hydrogen (secondary N) is 1. The van der Waals surface area contributed by atoms with Gasteiger partial charge in [0.1, 0.15) is 0 Å². The second-order valence-electron chi connectivity index (χ2n) is 8.17. The Kier molecular flexibility index (Phi) is 7.10. The van der Waals surface area contributed by atoms with Crippen LogP contribution in [-0.2, 0) is 16.1 Å². The first kappa shape index (κ1) is 21.0. The molecule has 0 aliphatic carbocycles. The lowest BCUT2D eigenvalue weighted by atomic mass is 9.97. The molecule has 0 saturated carbocycles. The lowest BCUT2D eigenvalue weighted by Crippen LogP contribution is -2.48. The molecular weight excluding hydrogens is 376 g/mol. The van der Waals surface area contributed by atoms with Crippen molar-refractivity contribution >= 4 is 11.6 Å². The van der Waals surface area contributed by atoms with Gasteiger partial charge in [0.15, 0.2) is 0 Å². The third-order valence-electron chi connectivity index (χ3n) is 6.21. The number of carbonyl (C=O) groups excluding carboxylic acids is 1. The lowest BCUT2D eigenvalue weighted by Gasteiger charge is -2.40. The number of aromatic nitrogens is 1. The minimum Gasteiger partial charge on any atom is -0.379 e. The van der Waals surface area contributed by atoms with Crippen LogP contribution in [0.25, 0.3) is 11.1 Å². The molecule has 2 fully saturated rings. The smallest absolute Gasteiger partial charge is 0.224 e. The average molecular weight is 409 g/mol. The summed E-state index contributed by atoms with van der Waals surface area (Å²) in [6.45, 7) is 8.83. The van der Waals surface area contributed by atoms with Crippen molar-refractivity contribution in [1.82, 2.24) is 14.8 Å². The number of ether oxygens (including phenoxy) is 1. The Bertz CT molecular complexity index is 828. The van der Waals surface area contributed by atoms with Crippen LogP contribution in [0.4, 0.5) is 5.69 Å². The Hall–Kier alpha value is -2.28. The first-order chi connectivity index (χ1) is 14.7. The fraction of sp³-hybridized carbons (Fsp3) is 0.500. The summed E-state index contributed by atoms with van der Waals surface area (Å²) < 4.78 is 5.51. The van der Waals surface area contributed by atoms with Crippen molar-refractivity contribution < 1.29 is 9.53 Å². The SMILES string of the molecule is CCC(=O)Nc1ccc(-c2ccncc2)c(CN2CCC(N3CCOCC3)CC2)c1. The summed E-state index contributed by atoms with van der Waals surface area (Å²) in [4.78, 5) is 21.2. The number of hydrogen-bond donors (Lipinski definition) is 1. The molecule has 1 aromatic carbocycles. The van der Waals surface area contributed by atoms with Gasteiger partial charge in [-0.25, -0.2) is 0 Å². The molecule has 1 amide bonds. The Morgan fingerprint density at radius 2 is 1.83 bits per heavy atom. The monoisotopic (exact) mass is 408 g/mol. The number of anilines is 1. The molecule has 0 atom stereocenters. The van der Waals surface area contributed by atoms with E-state index in [-0.39, 0.29) is 5.91 Å². The Labute approximate surface area is 179 Å². The molecule has 0 bridgehead atoms. The van der Waals surface area contributed by atoms with Crippen molar-refractivity contribution in [3.63, 3.8) is 0 Å². The van der Waals surface area contributed by atoms with E-state index in [1.54, 1.807) is 0 Å².